The summed E-state index contributed by atoms with van der Waals surface area (Å²) in [6, 6.07) is 10.4. The number of nitrogens with zero attached hydrogens (tertiary/aromatic N) is 2. The minimum absolute atomic E-state index is 0.00930. The van der Waals surface area contributed by atoms with Gasteiger partial charge >= 0.3 is 5.97 Å². The number of aryl methyl sites for hydroxylation is 1. The minimum atomic E-state index is -1.10. The van der Waals surface area contributed by atoms with Gasteiger partial charge in [0.15, 0.2) is 5.78 Å². The van der Waals surface area contributed by atoms with Crippen LogP contribution >= 0.6 is 11.8 Å². The lowest BCUT2D eigenvalue weighted by molar-refractivity contribution is -0.131. The zero-order valence-electron chi connectivity index (χ0n) is 14.0. The fourth-order valence-corrected chi connectivity index (χ4v) is 2.92. The number of benzene rings is 1. The van der Waals surface area contributed by atoms with E-state index < -0.39 is 5.97 Å². The van der Waals surface area contributed by atoms with Crippen molar-refractivity contribution in [3.8, 4) is 11.3 Å². The van der Waals surface area contributed by atoms with Gasteiger partial charge in [-0.3, -0.25) is 9.89 Å². The van der Waals surface area contributed by atoms with Gasteiger partial charge in [0, 0.05) is 17.2 Å². The van der Waals surface area contributed by atoms with Crippen molar-refractivity contribution in [2.75, 3.05) is 0 Å². The van der Waals surface area contributed by atoms with Crippen molar-refractivity contribution in [1.29, 1.82) is 0 Å². The number of H-pyrrole nitrogens is 1. The molecule has 2 N–H and O–H groups in total. The highest BCUT2D eigenvalue weighted by molar-refractivity contribution is 8.04. The van der Waals surface area contributed by atoms with Crippen LogP contribution in [0.1, 0.15) is 28.9 Å². The molecule has 0 aliphatic heterocycles. The van der Waals surface area contributed by atoms with E-state index in [2.05, 4.69) is 15.2 Å². The molecule has 0 radical (unpaired) electrons. The molecule has 0 bridgehead atoms. The third-order valence-corrected chi connectivity index (χ3v) is 4.34. The number of aromatic nitrogens is 3. The maximum atomic E-state index is 11.5. The number of nitrogens with one attached hydrogen (secondary N) is 1. The van der Waals surface area contributed by atoms with Gasteiger partial charge in [0.2, 0.25) is 5.16 Å². The first kappa shape index (κ1) is 17.7. The van der Waals surface area contributed by atoms with Crippen LogP contribution in [0.25, 0.3) is 17.4 Å². The SMILES string of the molecule is CC(=O)c1ccc(-c2ccc(/C=C(\Sc3n[nH]c(C)n3)C(=O)O)o2)cc1. The summed E-state index contributed by atoms with van der Waals surface area (Å²) in [5.41, 5.74) is 1.41. The Kier molecular flexibility index (Phi) is 5.04. The molecule has 1 aromatic carbocycles. The summed E-state index contributed by atoms with van der Waals surface area (Å²) >= 11 is 0.933. The first-order valence-electron chi connectivity index (χ1n) is 7.65. The van der Waals surface area contributed by atoms with Gasteiger partial charge < -0.3 is 9.52 Å². The van der Waals surface area contributed by atoms with Crippen molar-refractivity contribution in [1.82, 2.24) is 15.2 Å². The van der Waals surface area contributed by atoms with E-state index in [0.717, 1.165) is 17.3 Å². The molecule has 0 atom stereocenters. The summed E-state index contributed by atoms with van der Waals surface area (Å²) in [5, 5.41) is 16.3. The van der Waals surface area contributed by atoms with Crippen LogP contribution in [0.4, 0.5) is 0 Å². The Hall–Kier alpha value is -3.13. The zero-order valence-corrected chi connectivity index (χ0v) is 14.8. The Bertz CT molecular complexity index is 986. The number of carbonyl (C=O) groups is 2. The van der Waals surface area contributed by atoms with Crippen LogP contribution in [-0.4, -0.2) is 32.0 Å². The molecule has 0 unspecified atom stereocenters. The lowest BCUT2D eigenvalue weighted by Crippen LogP contribution is -1.97. The molecule has 0 fully saturated rings. The Balaban J connectivity index is 1.83. The van der Waals surface area contributed by atoms with Crippen LogP contribution in [0.3, 0.4) is 0 Å². The second kappa shape index (κ2) is 7.40. The molecular formula is C18H15N3O4S. The van der Waals surface area contributed by atoms with Crippen molar-refractivity contribution in [2.24, 2.45) is 0 Å². The molecule has 0 aliphatic rings. The summed E-state index contributed by atoms with van der Waals surface area (Å²) in [6.45, 7) is 3.24. The molecule has 8 heteroatoms. The smallest absolute Gasteiger partial charge is 0.342 e. The number of aromatic amines is 1. The Labute approximate surface area is 153 Å². The molecule has 7 nitrogen and oxygen atoms in total. The van der Waals surface area contributed by atoms with Gasteiger partial charge in [-0.2, -0.15) is 0 Å². The fourth-order valence-electron chi connectivity index (χ4n) is 2.18. The Morgan fingerprint density at radius 3 is 2.50 bits per heavy atom. The van der Waals surface area contributed by atoms with Crippen LogP contribution in [-0.2, 0) is 4.79 Å². The molecule has 26 heavy (non-hydrogen) atoms. The Morgan fingerprint density at radius 2 is 1.92 bits per heavy atom. The molecule has 3 aromatic rings. The van der Waals surface area contributed by atoms with Gasteiger partial charge in [-0.15, -0.1) is 5.10 Å². The molecule has 3 rings (SSSR count). The predicted octanol–water partition coefficient (Wildman–Crippen LogP) is 3.79. The van der Waals surface area contributed by atoms with Gasteiger partial charge in [-0.1, -0.05) is 24.3 Å². The first-order valence-corrected chi connectivity index (χ1v) is 8.47. The number of hydrogen-bond donors (Lipinski definition) is 2. The van der Waals surface area contributed by atoms with Crippen LogP contribution in [0, 0.1) is 6.92 Å². The number of Topliss-reactive ketones (excluding diaryl/α,β-unsaturated/α-hetero) is 1. The number of thioether (sulfide) groups is 1. The average Bonchev–Trinajstić information content (AvgIpc) is 3.23. The number of furan rings is 1. The first-order chi connectivity index (χ1) is 12.4. The number of hydrogen-bond acceptors (Lipinski definition) is 6. The molecule has 0 amide bonds. The predicted molar refractivity (Wildman–Crippen MR) is 96.7 cm³/mol. The van der Waals surface area contributed by atoms with Crippen LogP contribution < -0.4 is 0 Å². The summed E-state index contributed by atoms with van der Waals surface area (Å²) in [7, 11) is 0. The van der Waals surface area contributed by atoms with Crippen molar-refractivity contribution >= 4 is 29.6 Å². The summed E-state index contributed by atoms with van der Waals surface area (Å²) < 4.78 is 5.71. The van der Waals surface area contributed by atoms with Gasteiger partial charge in [0.05, 0.1) is 0 Å². The van der Waals surface area contributed by atoms with Crippen LogP contribution in [0.5, 0.6) is 0 Å². The van der Waals surface area contributed by atoms with E-state index in [0.29, 0.717) is 28.1 Å². The number of rotatable bonds is 6. The standard InChI is InChI=1S/C18H15N3O4S/c1-10(22)12-3-5-13(6-4-12)15-8-7-14(25-15)9-16(17(23)24)26-18-19-11(2)20-21-18/h3-9H,1-2H3,(H,23,24)(H,19,20,21)/b16-9-. The molecule has 2 aromatic heterocycles. The molecule has 132 valence electrons. The van der Waals surface area contributed by atoms with Gasteiger partial charge in [0.1, 0.15) is 22.3 Å². The fraction of sp³-hybridized carbons (Fsp3) is 0.111. The van der Waals surface area contributed by atoms with Crippen LogP contribution in [0.2, 0.25) is 0 Å². The topological polar surface area (TPSA) is 109 Å². The van der Waals surface area contributed by atoms with E-state index in [1.807, 2.05) is 0 Å². The van der Waals surface area contributed by atoms with Gasteiger partial charge in [-0.05, 0) is 37.7 Å². The van der Waals surface area contributed by atoms with E-state index in [1.165, 1.54) is 13.0 Å². The highest BCUT2D eigenvalue weighted by atomic mass is 32.2. The zero-order chi connectivity index (χ0) is 18.7. The summed E-state index contributed by atoms with van der Waals surface area (Å²) in [4.78, 5) is 26.9. The van der Waals surface area contributed by atoms with Gasteiger partial charge in [-0.25, -0.2) is 9.78 Å². The molecule has 0 spiro atoms. The largest absolute Gasteiger partial charge is 0.477 e. The number of aliphatic carboxylic acids is 1. The molecule has 0 aliphatic carbocycles. The third kappa shape index (κ3) is 4.09. The lowest BCUT2D eigenvalue weighted by Gasteiger charge is -1.99. The second-order valence-electron chi connectivity index (χ2n) is 5.45. The normalized spacial score (nSPS) is 11.5. The third-order valence-electron chi connectivity index (χ3n) is 3.46. The molecular weight excluding hydrogens is 354 g/mol. The van der Waals surface area contributed by atoms with E-state index in [4.69, 9.17) is 4.42 Å². The molecule has 0 saturated carbocycles. The highest BCUT2D eigenvalue weighted by Gasteiger charge is 2.14. The second-order valence-corrected chi connectivity index (χ2v) is 6.46. The molecule has 0 saturated heterocycles. The van der Waals surface area contributed by atoms with E-state index >= 15 is 0 Å². The molecule has 2 heterocycles. The van der Waals surface area contributed by atoms with Crippen LogP contribution in [0.15, 0.2) is 50.9 Å². The number of carboxylic acid groups (broad SMARTS) is 1. The average molecular weight is 369 g/mol. The van der Waals surface area contributed by atoms with E-state index in [-0.39, 0.29) is 10.7 Å². The number of carbonyl (C=O) groups excluding carboxylic acids is 1. The van der Waals surface area contributed by atoms with Crippen molar-refractivity contribution in [2.45, 2.75) is 19.0 Å². The van der Waals surface area contributed by atoms with E-state index in [9.17, 15) is 14.7 Å². The van der Waals surface area contributed by atoms with Crippen molar-refractivity contribution in [3.63, 3.8) is 0 Å². The highest BCUT2D eigenvalue weighted by Crippen LogP contribution is 2.28. The number of carboxylic acids is 1. The quantitative estimate of drug-likeness (QED) is 0.386. The minimum Gasteiger partial charge on any atom is -0.477 e. The number of ketones is 1. The van der Waals surface area contributed by atoms with Crippen molar-refractivity contribution in [3.05, 3.63) is 58.5 Å². The van der Waals surface area contributed by atoms with Gasteiger partial charge in [0.25, 0.3) is 0 Å². The monoisotopic (exact) mass is 369 g/mol. The summed E-state index contributed by atoms with van der Waals surface area (Å²) in [5.74, 6) is 0.473. The summed E-state index contributed by atoms with van der Waals surface area (Å²) in [6.07, 6.45) is 1.42. The maximum absolute atomic E-state index is 11.5. The maximum Gasteiger partial charge on any atom is 0.342 e. The van der Waals surface area contributed by atoms with E-state index in [1.54, 1.807) is 43.3 Å². The Morgan fingerprint density at radius 1 is 1.19 bits per heavy atom. The lowest BCUT2D eigenvalue weighted by atomic mass is 10.1. The van der Waals surface area contributed by atoms with Crippen molar-refractivity contribution < 1.29 is 19.1 Å².